The van der Waals surface area contributed by atoms with Crippen LogP contribution in [-0.4, -0.2) is 48.2 Å². The number of fused-ring (bicyclic) bond motifs is 1. The standard InChI is InChI=1S/C28H26ClFN6O2/c1-3-27(37)36-8-6-20(7-9-36)38-26-12-22-25(11-21(26)17(13-31)15-33-2)34-16-18(14-32)28(22)35-19-4-5-24(30)23(29)10-19/h3-5,10-13,15-16,20,31,33H,1,6-9H2,2H3,(H,34,35)/b17-15+,31-13?. The minimum Gasteiger partial charge on any atom is -0.490 e. The van der Waals surface area contributed by atoms with E-state index in [0.717, 1.165) is 0 Å². The zero-order valence-corrected chi connectivity index (χ0v) is 21.5. The lowest BCUT2D eigenvalue weighted by atomic mass is 10.0. The van der Waals surface area contributed by atoms with E-state index in [1.165, 1.54) is 36.7 Å². The van der Waals surface area contributed by atoms with E-state index < -0.39 is 5.82 Å². The summed E-state index contributed by atoms with van der Waals surface area (Å²) in [6.45, 7) is 4.64. The third-order valence-corrected chi connectivity index (χ3v) is 6.56. The molecular weight excluding hydrogens is 507 g/mol. The van der Waals surface area contributed by atoms with Crippen LogP contribution in [0.15, 0.2) is 55.4 Å². The molecule has 1 fully saturated rings. The van der Waals surface area contributed by atoms with Crippen molar-refractivity contribution in [2.75, 3.05) is 25.5 Å². The Bertz CT molecular complexity index is 1470. The van der Waals surface area contributed by atoms with Crippen molar-refractivity contribution in [2.24, 2.45) is 0 Å². The Morgan fingerprint density at radius 1 is 1.34 bits per heavy atom. The second kappa shape index (κ2) is 11.8. The highest BCUT2D eigenvalue weighted by molar-refractivity contribution is 6.31. The number of benzene rings is 2. The number of likely N-dealkylation sites (tertiary alicyclic amines) is 1. The Morgan fingerprint density at radius 2 is 2.11 bits per heavy atom. The number of hydrogen-bond donors (Lipinski definition) is 3. The Kier molecular flexibility index (Phi) is 8.24. The SMILES string of the molecule is C=CC(=O)N1CCC(Oc2cc3c(Nc4ccc(F)c(Cl)c4)c(C#N)cnc3cc2/C(C=N)=C/NC)CC1. The average molecular weight is 533 g/mol. The summed E-state index contributed by atoms with van der Waals surface area (Å²) in [5.41, 5.74) is 3.05. The van der Waals surface area contributed by atoms with E-state index in [0.29, 0.717) is 65.1 Å². The maximum Gasteiger partial charge on any atom is 0.245 e. The largest absolute Gasteiger partial charge is 0.490 e. The number of hydrogen-bond acceptors (Lipinski definition) is 7. The van der Waals surface area contributed by atoms with Crippen molar-refractivity contribution in [3.63, 3.8) is 0 Å². The van der Waals surface area contributed by atoms with Crippen LogP contribution >= 0.6 is 11.6 Å². The molecule has 0 bridgehead atoms. The fourth-order valence-corrected chi connectivity index (χ4v) is 4.52. The number of halogens is 2. The van der Waals surface area contributed by atoms with Gasteiger partial charge < -0.3 is 25.7 Å². The molecule has 3 aromatic rings. The maximum atomic E-state index is 13.7. The van der Waals surface area contributed by atoms with Crippen LogP contribution in [0.1, 0.15) is 24.0 Å². The smallest absolute Gasteiger partial charge is 0.245 e. The molecule has 3 N–H and O–H groups in total. The number of ether oxygens (including phenoxy) is 1. The molecule has 1 saturated heterocycles. The van der Waals surface area contributed by atoms with Crippen molar-refractivity contribution in [3.05, 3.63) is 77.4 Å². The van der Waals surface area contributed by atoms with Crippen LogP contribution in [0.2, 0.25) is 5.02 Å². The topological polar surface area (TPSA) is 114 Å². The van der Waals surface area contributed by atoms with Crippen molar-refractivity contribution < 1.29 is 13.9 Å². The van der Waals surface area contributed by atoms with Gasteiger partial charge in [-0.05, 0) is 36.4 Å². The first kappa shape index (κ1) is 26.6. The number of anilines is 2. The van der Waals surface area contributed by atoms with Crippen molar-refractivity contribution in [2.45, 2.75) is 18.9 Å². The fraction of sp³-hybridized carbons (Fsp3) is 0.214. The summed E-state index contributed by atoms with van der Waals surface area (Å²) in [6.07, 6.45) is 6.77. The van der Waals surface area contributed by atoms with Crippen LogP contribution in [0.4, 0.5) is 15.8 Å². The van der Waals surface area contributed by atoms with Crippen molar-refractivity contribution in [3.8, 4) is 11.8 Å². The highest BCUT2D eigenvalue weighted by Crippen LogP contribution is 2.37. The molecule has 1 aromatic heterocycles. The number of pyridine rings is 1. The van der Waals surface area contributed by atoms with Gasteiger partial charge in [0.15, 0.2) is 0 Å². The van der Waals surface area contributed by atoms with Gasteiger partial charge in [0.25, 0.3) is 0 Å². The summed E-state index contributed by atoms with van der Waals surface area (Å²) in [5.74, 6) is -0.147. The zero-order valence-electron chi connectivity index (χ0n) is 20.7. The number of piperidine rings is 1. The number of aromatic nitrogens is 1. The summed E-state index contributed by atoms with van der Waals surface area (Å²) >= 11 is 5.97. The Hall–Kier alpha value is -4.42. The number of nitrogens with one attached hydrogen (secondary N) is 3. The number of nitriles is 1. The predicted molar refractivity (Wildman–Crippen MR) is 147 cm³/mol. The lowest BCUT2D eigenvalue weighted by Gasteiger charge is -2.32. The summed E-state index contributed by atoms with van der Waals surface area (Å²) in [5, 5.41) is 24.4. The molecule has 10 heteroatoms. The Morgan fingerprint density at radius 3 is 2.74 bits per heavy atom. The second-order valence-electron chi connectivity index (χ2n) is 8.66. The fourth-order valence-electron chi connectivity index (χ4n) is 4.34. The molecule has 0 atom stereocenters. The van der Waals surface area contributed by atoms with E-state index in [-0.39, 0.29) is 22.6 Å². The Balaban J connectivity index is 1.79. The molecule has 2 heterocycles. The van der Waals surface area contributed by atoms with E-state index >= 15 is 0 Å². The van der Waals surface area contributed by atoms with Gasteiger partial charge in [-0.3, -0.25) is 9.78 Å². The zero-order chi connectivity index (χ0) is 27.2. The van der Waals surface area contributed by atoms with Crippen molar-refractivity contribution in [1.29, 1.82) is 10.7 Å². The molecule has 8 nitrogen and oxygen atoms in total. The number of carbonyl (C=O) groups excluding carboxylic acids is 1. The molecule has 1 aliphatic heterocycles. The van der Waals surface area contributed by atoms with Gasteiger partial charge in [-0.2, -0.15) is 5.26 Å². The average Bonchev–Trinajstić information content (AvgIpc) is 2.93. The number of carbonyl (C=O) groups is 1. The van der Waals surface area contributed by atoms with E-state index in [2.05, 4.69) is 28.3 Å². The molecule has 4 rings (SSSR count). The quantitative estimate of drug-likeness (QED) is 0.264. The first-order valence-corrected chi connectivity index (χ1v) is 12.3. The van der Waals surface area contributed by atoms with Crippen molar-refractivity contribution >= 4 is 51.6 Å². The molecular formula is C28H26ClFN6O2. The molecule has 0 radical (unpaired) electrons. The number of allylic oxidation sites excluding steroid dienone is 1. The van der Waals surface area contributed by atoms with Crippen LogP contribution in [0.25, 0.3) is 16.5 Å². The normalized spacial score (nSPS) is 14.1. The molecule has 194 valence electrons. The van der Waals surface area contributed by atoms with Crippen LogP contribution in [0, 0.1) is 22.6 Å². The summed E-state index contributed by atoms with van der Waals surface area (Å²) < 4.78 is 20.2. The minimum atomic E-state index is -0.547. The van der Waals surface area contributed by atoms with E-state index in [4.69, 9.17) is 21.7 Å². The molecule has 1 aliphatic rings. The third-order valence-electron chi connectivity index (χ3n) is 6.27. The first-order chi connectivity index (χ1) is 18.4. The van der Waals surface area contributed by atoms with Gasteiger partial charge >= 0.3 is 0 Å². The predicted octanol–water partition coefficient (Wildman–Crippen LogP) is 5.41. The molecule has 2 aromatic carbocycles. The molecule has 0 saturated carbocycles. The number of nitrogens with zero attached hydrogens (tertiary/aromatic N) is 3. The third kappa shape index (κ3) is 5.61. The summed E-state index contributed by atoms with van der Waals surface area (Å²) in [6, 6.07) is 9.96. The summed E-state index contributed by atoms with van der Waals surface area (Å²) in [7, 11) is 1.74. The number of rotatable bonds is 8. The highest BCUT2D eigenvalue weighted by Gasteiger charge is 2.24. The minimum absolute atomic E-state index is 0.0488. The number of amides is 1. The van der Waals surface area contributed by atoms with Gasteiger partial charge in [-0.1, -0.05) is 18.2 Å². The van der Waals surface area contributed by atoms with Gasteiger partial charge in [0.2, 0.25) is 5.91 Å². The lowest BCUT2D eigenvalue weighted by molar-refractivity contribution is -0.127. The maximum absolute atomic E-state index is 13.7. The highest BCUT2D eigenvalue weighted by atomic mass is 35.5. The van der Waals surface area contributed by atoms with E-state index in [1.807, 2.05) is 0 Å². The van der Waals surface area contributed by atoms with Crippen LogP contribution < -0.4 is 15.4 Å². The molecule has 38 heavy (non-hydrogen) atoms. The van der Waals surface area contributed by atoms with Gasteiger partial charge in [0.05, 0.1) is 21.8 Å². The lowest BCUT2D eigenvalue weighted by Crippen LogP contribution is -2.41. The van der Waals surface area contributed by atoms with Crippen LogP contribution in [0.3, 0.4) is 0 Å². The molecule has 0 unspecified atom stereocenters. The van der Waals surface area contributed by atoms with Gasteiger partial charge in [0.1, 0.15) is 23.7 Å². The van der Waals surface area contributed by atoms with Crippen molar-refractivity contribution in [1.82, 2.24) is 15.2 Å². The van der Waals surface area contributed by atoms with Gasteiger partial charge in [0, 0.05) is 73.8 Å². The van der Waals surface area contributed by atoms with Gasteiger partial charge in [-0.25, -0.2) is 4.39 Å². The monoisotopic (exact) mass is 532 g/mol. The van der Waals surface area contributed by atoms with Crippen LogP contribution in [0.5, 0.6) is 5.75 Å². The van der Waals surface area contributed by atoms with Gasteiger partial charge in [-0.15, -0.1) is 0 Å². The first-order valence-electron chi connectivity index (χ1n) is 11.9. The van der Waals surface area contributed by atoms with E-state index in [9.17, 15) is 14.4 Å². The van der Waals surface area contributed by atoms with Crippen LogP contribution in [-0.2, 0) is 4.79 Å². The molecule has 0 aliphatic carbocycles. The molecule has 1 amide bonds. The molecule has 0 spiro atoms. The second-order valence-corrected chi connectivity index (χ2v) is 9.06. The Labute approximate surface area is 224 Å². The van der Waals surface area contributed by atoms with E-state index in [1.54, 1.807) is 30.3 Å². The summed E-state index contributed by atoms with van der Waals surface area (Å²) in [4.78, 5) is 18.2.